The fourth-order valence-corrected chi connectivity index (χ4v) is 4.42. The second-order valence-corrected chi connectivity index (χ2v) is 7.10. The normalized spacial score (nSPS) is 13.1. The minimum absolute atomic E-state index is 0.185. The number of carbonyl (C=O) groups is 1. The molecule has 0 aliphatic heterocycles. The fourth-order valence-electron chi connectivity index (χ4n) is 3.37. The number of fused-ring (bicyclic) bond motifs is 2. The Balaban J connectivity index is 1.72. The highest BCUT2D eigenvalue weighted by Crippen LogP contribution is 2.36. The van der Waals surface area contributed by atoms with E-state index in [1.807, 2.05) is 29.8 Å². The minimum atomic E-state index is -0.185. The molecule has 0 fully saturated rings. The smallest absolute Gasteiger partial charge is 0.274 e. The molecule has 0 atom stereocenters. The highest BCUT2D eigenvalue weighted by Gasteiger charge is 2.22. The molecule has 1 aliphatic carbocycles. The van der Waals surface area contributed by atoms with Gasteiger partial charge in [0.25, 0.3) is 5.91 Å². The number of nitrogens with zero attached hydrogens (tertiary/aromatic N) is 2. The Labute approximate surface area is 149 Å². The van der Waals surface area contributed by atoms with Crippen molar-refractivity contribution in [2.24, 2.45) is 7.05 Å². The van der Waals surface area contributed by atoms with Crippen molar-refractivity contribution in [3.8, 4) is 11.5 Å². The van der Waals surface area contributed by atoms with Crippen molar-refractivity contribution in [3.05, 3.63) is 34.5 Å². The highest BCUT2D eigenvalue weighted by atomic mass is 32.1. The molecule has 0 saturated heterocycles. The predicted molar refractivity (Wildman–Crippen MR) is 98.1 cm³/mol. The number of anilines is 1. The van der Waals surface area contributed by atoms with Gasteiger partial charge in [-0.15, -0.1) is 11.3 Å². The average Bonchev–Trinajstić information content (AvgIpc) is 3.28. The SMILES string of the molecule is COc1ccc(OC)c2c1cc(C(=O)Nc1nc3c(s1)CCC3)n2C. The third kappa shape index (κ3) is 2.55. The van der Waals surface area contributed by atoms with Gasteiger partial charge in [-0.05, 0) is 37.5 Å². The Hall–Kier alpha value is -2.54. The van der Waals surface area contributed by atoms with Crippen LogP contribution in [0.15, 0.2) is 18.2 Å². The van der Waals surface area contributed by atoms with Crippen LogP contribution in [0.2, 0.25) is 0 Å². The Morgan fingerprint density at radius 3 is 2.72 bits per heavy atom. The number of carbonyl (C=O) groups excluding carboxylic acids is 1. The number of hydrogen-bond donors (Lipinski definition) is 1. The molecule has 3 aromatic rings. The number of nitrogens with one attached hydrogen (secondary N) is 1. The molecule has 1 aliphatic rings. The van der Waals surface area contributed by atoms with Crippen molar-refractivity contribution < 1.29 is 14.3 Å². The van der Waals surface area contributed by atoms with E-state index in [1.54, 1.807) is 25.6 Å². The summed E-state index contributed by atoms with van der Waals surface area (Å²) in [6.07, 6.45) is 3.22. The Morgan fingerprint density at radius 1 is 1.24 bits per heavy atom. The first-order chi connectivity index (χ1) is 12.1. The van der Waals surface area contributed by atoms with Crippen molar-refractivity contribution in [2.75, 3.05) is 19.5 Å². The summed E-state index contributed by atoms with van der Waals surface area (Å²) in [6, 6.07) is 5.51. The number of benzene rings is 1. The van der Waals surface area contributed by atoms with Gasteiger partial charge in [0, 0.05) is 17.3 Å². The monoisotopic (exact) mass is 357 g/mol. The molecule has 4 rings (SSSR count). The zero-order chi connectivity index (χ0) is 17.6. The number of rotatable bonds is 4. The summed E-state index contributed by atoms with van der Waals surface area (Å²) in [5.74, 6) is 1.22. The molecule has 25 heavy (non-hydrogen) atoms. The molecule has 2 aromatic heterocycles. The van der Waals surface area contributed by atoms with Gasteiger partial charge in [-0.2, -0.15) is 0 Å². The van der Waals surface area contributed by atoms with E-state index in [4.69, 9.17) is 9.47 Å². The van der Waals surface area contributed by atoms with Crippen LogP contribution in [0, 0.1) is 0 Å². The number of aromatic nitrogens is 2. The van der Waals surface area contributed by atoms with Crippen LogP contribution in [-0.2, 0) is 19.9 Å². The maximum Gasteiger partial charge on any atom is 0.274 e. The molecule has 7 heteroatoms. The summed E-state index contributed by atoms with van der Waals surface area (Å²) in [5.41, 5.74) is 2.49. The third-order valence-corrected chi connectivity index (χ3v) is 5.68. The Kier molecular flexibility index (Phi) is 3.88. The van der Waals surface area contributed by atoms with Gasteiger partial charge in [0.15, 0.2) is 5.13 Å². The maximum atomic E-state index is 12.8. The second-order valence-electron chi connectivity index (χ2n) is 6.02. The third-order valence-electron chi connectivity index (χ3n) is 4.61. The van der Waals surface area contributed by atoms with Gasteiger partial charge < -0.3 is 14.0 Å². The lowest BCUT2D eigenvalue weighted by Crippen LogP contribution is -2.15. The topological polar surface area (TPSA) is 65.4 Å². The summed E-state index contributed by atoms with van der Waals surface area (Å²) < 4.78 is 12.7. The molecule has 1 N–H and O–H groups in total. The van der Waals surface area contributed by atoms with Gasteiger partial charge in [0.05, 0.1) is 25.4 Å². The first-order valence-corrected chi connectivity index (χ1v) is 8.94. The summed E-state index contributed by atoms with van der Waals surface area (Å²) in [4.78, 5) is 18.6. The van der Waals surface area contributed by atoms with Crippen LogP contribution < -0.4 is 14.8 Å². The van der Waals surface area contributed by atoms with Gasteiger partial charge >= 0.3 is 0 Å². The van der Waals surface area contributed by atoms with Gasteiger partial charge in [-0.25, -0.2) is 4.98 Å². The van der Waals surface area contributed by atoms with Gasteiger partial charge in [0.1, 0.15) is 17.2 Å². The highest BCUT2D eigenvalue weighted by molar-refractivity contribution is 7.16. The molecular formula is C18H19N3O3S. The molecule has 0 radical (unpaired) electrons. The first kappa shape index (κ1) is 16.0. The molecule has 6 nitrogen and oxygen atoms in total. The zero-order valence-electron chi connectivity index (χ0n) is 14.4. The molecule has 0 saturated carbocycles. The second kappa shape index (κ2) is 6.07. The van der Waals surface area contributed by atoms with Crippen LogP contribution in [0.3, 0.4) is 0 Å². The van der Waals surface area contributed by atoms with Crippen LogP contribution in [-0.4, -0.2) is 29.7 Å². The average molecular weight is 357 g/mol. The van der Waals surface area contributed by atoms with Crippen molar-refractivity contribution in [2.45, 2.75) is 19.3 Å². The molecule has 0 bridgehead atoms. The molecule has 2 heterocycles. The Morgan fingerprint density at radius 2 is 2.00 bits per heavy atom. The van der Waals surface area contributed by atoms with Crippen LogP contribution in [0.5, 0.6) is 11.5 Å². The van der Waals surface area contributed by atoms with E-state index in [1.165, 1.54) is 4.88 Å². The van der Waals surface area contributed by atoms with E-state index in [-0.39, 0.29) is 5.91 Å². The van der Waals surface area contributed by atoms with Crippen LogP contribution >= 0.6 is 11.3 Å². The number of ether oxygens (including phenoxy) is 2. The van der Waals surface area contributed by atoms with Crippen LogP contribution in [0.25, 0.3) is 10.9 Å². The lowest BCUT2D eigenvalue weighted by Gasteiger charge is -2.08. The fraction of sp³-hybridized carbons (Fsp3) is 0.333. The summed E-state index contributed by atoms with van der Waals surface area (Å²) in [5, 5.41) is 4.44. The number of amides is 1. The predicted octanol–water partition coefficient (Wildman–Crippen LogP) is 3.39. The van der Waals surface area contributed by atoms with Gasteiger partial charge in [-0.3, -0.25) is 10.1 Å². The van der Waals surface area contributed by atoms with Crippen molar-refractivity contribution in [3.63, 3.8) is 0 Å². The number of hydrogen-bond acceptors (Lipinski definition) is 5. The largest absolute Gasteiger partial charge is 0.496 e. The van der Waals surface area contributed by atoms with Crippen molar-refractivity contribution >= 4 is 33.3 Å². The number of methoxy groups -OCH3 is 2. The van der Waals surface area contributed by atoms with E-state index in [9.17, 15) is 4.79 Å². The molecular weight excluding hydrogens is 338 g/mol. The first-order valence-electron chi connectivity index (χ1n) is 8.12. The minimum Gasteiger partial charge on any atom is -0.496 e. The van der Waals surface area contributed by atoms with Gasteiger partial charge in [-0.1, -0.05) is 0 Å². The number of thiazole rings is 1. The molecule has 1 amide bonds. The van der Waals surface area contributed by atoms with Crippen LogP contribution in [0.1, 0.15) is 27.5 Å². The van der Waals surface area contributed by atoms with E-state index in [0.29, 0.717) is 22.3 Å². The van der Waals surface area contributed by atoms with E-state index in [2.05, 4.69) is 10.3 Å². The lowest BCUT2D eigenvalue weighted by atomic mass is 10.2. The van der Waals surface area contributed by atoms with E-state index >= 15 is 0 Å². The molecule has 1 aromatic carbocycles. The van der Waals surface area contributed by atoms with E-state index in [0.717, 1.165) is 35.9 Å². The van der Waals surface area contributed by atoms with Gasteiger partial charge in [0.2, 0.25) is 0 Å². The zero-order valence-corrected chi connectivity index (χ0v) is 15.2. The molecule has 0 unspecified atom stereocenters. The van der Waals surface area contributed by atoms with Crippen molar-refractivity contribution in [1.82, 2.24) is 9.55 Å². The summed E-state index contributed by atoms with van der Waals surface area (Å²) in [7, 11) is 5.08. The molecule has 0 spiro atoms. The standard InChI is InChI=1S/C18H19N3O3S/c1-21-12(9-10-13(23-2)7-8-14(24-3)16(10)21)17(22)20-18-19-11-5-4-6-15(11)25-18/h7-9H,4-6H2,1-3H3,(H,19,20,22). The van der Waals surface area contributed by atoms with Crippen LogP contribution in [0.4, 0.5) is 5.13 Å². The maximum absolute atomic E-state index is 12.8. The summed E-state index contributed by atoms with van der Waals surface area (Å²) in [6.45, 7) is 0. The summed E-state index contributed by atoms with van der Waals surface area (Å²) >= 11 is 1.57. The lowest BCUT2D eigenvalue weighted by molar-refractivity contribution is 0.101. The molecule has 130 valence electrons. The Bertz CT molecular complexity index is 952. The van der Waals surface area contributed by atoms with Crippen molar-refractivity contribution in [1.29, 1.82) is 0 Å². The number of aryl methyl sites for hydroxylation is 3. The quantitative estimate of drug-likeness (QED) is 0.777. The van der Waals surface area contributed by atoms with E-state index < -0.39 is 0 Å².